The molecule has 1 aliphatic carbocycles. The van der Waals surface area contributed by atoms with Crippen molar-refractivity contribution in [1.82, 2.24) is 0 Å². The Morgan fingerprint density at radius 3 is 2.21 bits per heavy atom. The molecule has 0 aromatic heterocycles. The molecule has 2 rings (SSSR count). The highest BCUT2D eigenvalue weighted by atomic mass is 16.3. The number of nitrogens with two attached hydrogens (primary N) is 1. The van der Waals surface area contributed by atoms with Crippen LogP contribution in [0.1, 0.15) is 30.4 Å². The highest BCUT2D eigenvalue weighted by Gasteiger charge is 2.37. The standard InChI is InChI=1S/C12H17NO/c13-8-10-2-4-11(5-3-10)12(9-14)6-1-7-12/h2-5,14H,1,6-9,13H2. The van der Waals surface area contributed by atoms with E-state index in [0.717, 1.165) is 18.4 Å². The number of rotatable bonds is 3. The lowest BCUT2D eigenvalue weighted by molar-refractivity contribution is 0.120. The Hall–Kier alpha value is -0.860. The Labute approximate surface area is 84.7 Å². The second-order valence-corrected chi connectivity index (χ2v) is 4.19. The Kier molecular flexibility index (Phi) is 2.57. The number of benzene rings is 1. The second-order valence-electron chi connectivity index (χ2n) is 4.19. The summed E-state index contributed by atoms with van der Waals surface area (Å²) in [4.78, 5) is 0. The number of hydrogen-bond donors (Lipinski definition) is 2. The lowest BCUT2D eigenvalue weighted by Gasteiger charge is -2.40. The van der Waals surface area contributed by atoms with Gasteiger partial charge >= 0.3 is 0 Å². The summed E-state index contributed by atoms with van der Waals surface area (Å²) in [5.74, 6) is 0. The van der Waals surface area contributed by atoms with Crippen molar-refractivity contribution in [3.8, 4) is 0 Å². The van der Waals surface area contributed by atoms with Crippen molar-refractivity contribution in [3.63, 3.8) is 0 Å². The average molecular weight is 191 g/mol. The minimum absolute atomic E-state index is 0.0626. The SMILES string of the molecule is NCc1ccc(C2(CO)CCC2)cc1. The maximum atomic E-state index is 9.39. The zero-order chi connectivity index (χ0) is 10.0. The van der Waals surface area contributed by atoms with Gasteiger partial charge in [-0.2, -0.15) is 0 Å². The Morgan fingerprint density at radius 1 is 1.21 bits per heavy atom. The van der Waals surface area contributed by atoms with Gasteiger partial charge in [0.05, 0.1) is 6.61 Å². The first-order chi connectivity index (χ1) is 6.80. The van der Waals surface area contributed by atoms with Crippen molar-refractivity contribution in [1.29, 1.82) is 0 Å². The van der Waals surface area contributed by atoms with Crippen molar-refractivity contribution in [2.45, 2.75) is 31.2 Å². The van der Waals surface area contributed by atoms with Gasteiger partial charge in [0.1, 0.15) is 0 Å². The van der Waals surface area contributed by atoms with Gasteiger partial charge in [0, 0.05) is 12.0 Å². The van der Waals surface area contributed by atoms with Crippen LogP contribution in [0.15, 0.2) is 24.3 Å². The third-order valence-corrected chi connectivity index (χ3v) is 3.42. The molecule has 0 amide bonds. The lowest BCUT2D eigenvalue weighted by Crippen LogP contribution is -2.37. The molecule has 76 valence electrons. The highest BCUT2D eigenvalue weighted by molar-refractivity contribution is 5.31. The molecule has 0 atom stereocenters. The van der Waals surface area contributed by atoms with Gasteiger partial charge in [0.25, 0.3) is 0 Å². The molecule has 1 aromatic rings. The van der Waals surface area contributed by atoms with Crippen LogP contribution < -0.4 is 5.73 Å². The molecule has 0 radical (unpaired) electrons. The predicted octanol–water partition coefficient (Wildman–Crippen LogP) is 1.56. The van der Waals surface area contributed by atoms with E-state index in [0.29, 0.717) is 6.54 Å². The van der Waals surface area contributed by atoms with Gasteiger partial charge in [-0.3, -0.25) is 0 Å². The van der Waals surface area contributed by atoms with Crippen molar-refractivity contribution >= 4 is 0 Å². The lowest BCUT2D eigenvalue weighted by atomic mass is 9.65. The molecular weight excluding hydrogens is 174 g/mol. The van der Waals surface area contributed by atoms with Crippen molar-refractivity contribution in [3.05, 3.63) is 35.4 Å². The smallest absolute Gasteiger partial charge is 0.0527 e. The van der Waals surface area contributed by atoms with E-state index in [2.05, 4.69) is 24.3 Å². The molecule has 0 bridgehead atoms. The second kappa shape index (κ2) is 3.71. The minimum atomic E-state index is 0.0626. The fraction of sp³-hybridized carbons (Fsp3) is 0.500. The zero-order valence-corrected chi connectivity index (χ0v) is 8.37. The van der Waals surface area contributed by atoms with Crippen LogP contribution in [0.4, 0.5) is 0 Å². The molecule has 1 aliphatic rings. The molecule has 1 saturated carbocycles. The van der Waals surface area contributed by atoms with E-state index in [1.54, 1.807) is 0 Å². The molecule has 3 N–H and O–H groups in total. The molecule has 0 spiro atoms. The number of aliphatic hydroxyl groups is 1. The summed E-state index contributed by atoms with van der Waals surface area (Å²) in [5.41, 5.74) is 8.02. The minimum Gasteiger partial charge on any atom is -0.395 e. The third kappa shape index (κ3) is 1.45. The quantitative estimate of drug-likeness (QED) is 0.761. The molecule has 0 saturated heterocycles. The van der Waals surface area contributed by atoms with E-state index in [9.17, 15) is 5.11 Å². The van der Waals surface area contributed by atoms with E-state index in [-0.39, 0.29) is 12.0 Å². The molecule has 1 aromatic carbocycles. The summed E-state index contributed by atoms with van der Waals surface area (Å²) in [6, 6.07) is 8.34. The average Bonchev–Trinajstić information content (AvgIpc) is 2.18. The van der Waals surface area contributed by atoms with E-state index in [1.165, 1.54) is 12.0 Å². The van der Waals surface area contributed by atoms with Crippen LogP contribution in [0.25, 0.3) is 0 Å². The zero-order valence-electron chi connectivity index (χ0n) is 8.37. The summed E-state index contributed by atoms with van der Waals surface area (Å²) < 4.78 is 0. The first-order valence-electron chi connectivity index (χ1n) is 5.21. The summed E-state index contributed by atoms with van der Waals surface area (Å²) in [7, 11) is 0. The number of aliphatic hydroxyl groups excluding tert-OH is 1. The fourth-order valence-electron chi connectivity index (χ4n) is 2.14. The monoisotopic (exact) mass is 191 g/mol. The van der Waals surface area contributed by atoms with Crippen molar-refractivity contribution < 1.29 is 5.11 Å². The van der Waals surface area contributed by atoms with Crippen LogP contribution in [0.5, 0.6) is 0 Å². The summed E-state index contributed by atoms with van der Waals surface area (Å²) in [6.07, 6.45) is 3.47. The topological polar surface area (TPSA) is 46.2 Å². The molecule has 2 heteroatoms. The van der Waals surface area contributed by atoms with Crippen LogP contribution in [0.2, 0.25) is 0 Å². The first-order valence-corrected chi connectivity index (χ1v) is 5.21. The molecule has 0 heterocycles. The van der Waals surface area contributed by atoms with Crippen LogP contribution >= 0.6 is 0 Å². The van der Waals surface area contributed by atoms with Gasteiger partial charge in [0.15, 0.2) is 0 Å². The van der Waals surface area contributed by atoms with Crippen LogP contribution in [0.3, 0.4) is 0 Å². The molecule has 0 unspecified atom stereocenters. The molecular formula is C12H17NO. The normalized spacial score (nSPS) is 19.0. The first kappa shape index (κ1) is 9.69. The van der Waals surface area contributed by atoms with Crippen molar-refractivity contribution in [2.24, 2.45) is 5.73 Å². The van der Waals surface area contributed by atoms with Gasteiger partial charge in [-0.15, -0.1) is 0 Å². The Morgan fingerprint density at radius 2 is 1.86 bits per heavy atom. The highest BCUT2D eigenvalue weighted by Crippen LogP contribution is 2.43. The van der Waals surface area contributed by atoms with Gasteiger partial charge in [-0.05, 0) is 24.0 Å². The summed E-state index contributed by atoms with van der Waals surface area (Å²) >= 11 is 0. The van der Waals surface area contributed by atoms with Gasteiger partial charge in [0.2, 0.25) is 0 Å². The van der Waals surface area contributed by atoms with Gasteiger partial charge in [-0.1, -0.05) is 30.7 Å². The number of hydrogen-bond acceptors (Lipinski definition) is 2. The summed E-state index contributed by atoms with van der Waals surface area (Å²) in [6.45, 7) is 0.862. The van der Waals surface area contributed by atoms with Crippen LogP contribution in [0, 0.1) is 0 Å². The fourth-order valence-corrected chi connectivity index (χ4v) is 2.14. The Balaban J connectivity index is 2.23. The third-order valence-electron chi connectivity index (χ3n) is 3.42. The molecule has 14 heavy (non-hydrogen) atoms. The van der Waals surface area contributed by atoms with Crippen LogP contribution in [-0.2, 0) is 12.0 Å². The van der Waals surface area contributed by atoms with E-state index in [1.807, 2.05) is 0 Å². The van der Waals surface area contributed by atoms with Crippen molar-refractivity contribution in [2.75, 3.05) is 6.61 Å². The molecule has 1 fully saturated rings. The molecule has 0 aliphatic heterocycles. The van der Waals surface area contributed by atoms with E-state index in [4.69, 9.17) is 5.73 Å². The largest absolute Gasteiger partial charge is 0.395 e. The van der Waals surface area contributed by atoms with Gasteiger partial charge in [-0.25, -0.2) is 0 Å². The van der Waals surface area contributed by atoms with E-state index >= 15 is 0 Å². The maximum absolute atomic E-state index is 9.39. The maximum Gasteiger partial charge on any atom is 0.0527 e. The summed E-state index contributed by atoms with van der Waals surface area (Å²) in [5, 5.41) is 9.39. The Bertz CT molecular complexity index is 295. The van der Waals surface area contributed by atoms with Gasteiger partial charge < -0.3 is 10.8 Å². The molecule has 2 nitrogen and oxygen atoms in total. The van der Waals surface area contributed by atoms with E-state index < -0.39 is 0 Å². The predicted molar refractivity (Wildman–Crippen MR) is 56.9 cm³/mol. The van der Waals surface area contributed by atoms with Crippen LogP contribution in [-0.4, -0.2) is 11.7 Å².